The van der Waals surface area contributed by atoms with Gasteiger partial charge in [0.15, 0.2) is 0 Å². The van der Waals surface area contributed by atoms with Crippen LogP contribution in [0.4, 0.5) is 11.4 Å². The van der Waals surface area contributed by atoms with Crippen LogP contribution in [0.3, 0.4) is 0 Å². The van der Waals surface area contributed by atoms with E-state index in [1.54, 1.807) is 12.1 Å². The summed E-state index contributed by atoms with van der Waals surface area (Å²) >= 11 is 0. The van der Waals surface area contributed by atoms with Gasteiger partial charge >= 0.3 is 37.3 Å². The molecular weight excluding hydrogens is 398 g/mol. The Morgan fingerprint density at radius 3 is 1.83 bits per heavy atom. The van der Waals surface area contributed by atoms with E-state index in [4.69, 9.17) is 4.52 Å². The number of nitrogens with one attached hydrogen (secondary N) is 2. The molecule has 1 atom stereocenters. The van der Waals surface area contributed by atoms with Gasteiger partial charge in [0, 0.05) is 16.9 Å². The number of carbonyl (C=O) groups excluding carboxylic acids is 1. The average Bonchev–Trinajstić information content (AvgIpc) is 2.65. The number of carbonyl (C=O) groups is 1. The van der Waals surface area contributed by atoms with Gasteiger partial charge in [-0.1, -0.05) is 35.4 Å². The smallest absolute Gasteiger partial charge is 0.409 e. The summed E-state index contributed by atoms with van der Waals surface area (Å²) in [5.41, 5.74) is 3.72. The molecule has 0 aromatic heterocycles. The van der Waals surface area contributed by atoms with Crippen LogP contribution in [-0.4, -0.2) is 10.8 Å². The molecule has 0 bridgehead atoms. The summed E-state index contributed by atoms with van der Waals surface area (Å²) in [6.07, 6.45) is 0. The van der Waals surface area contributed by atoms with Crippen LogP contribution < -0.4 is 44.5 Å². The number of hydrogen-bond donors (Lipinski definition) is 3. The second-order valence-corrected chi connectivity index (χ2v) is 7.88. The van der Waals surface area contributed by atoms with Crippen LogP contribution in [0.2, 0.25) is 0 Å². The monoisotopic (exact) mass is 419 g/mol. The molecule has 0 aliphatic rings. The summed E-state index contributed by atoms with van der Waals surface area (Å²) in [6, 6.07) is 20.5. The normalized spacial score (nSPS) is 12.2. The van der Waals surface area contributed by atoms with E-state index in [0.29, 0.717) is 16.9 Å². The van der Waals surface area contributed by atoms with Gasteiger partial charge in [0.1, 0.15) is 5.75 Å². The SMILES string of the molecule is Cc1ccc(NC(=O)c2ccc(OP(=O)(O)Nc3ccc(C)cc3)cc2)cc1.[Na+]. The van der Waals surface area contributed by atoms with Crippen LogP contribution in [0, 0.1) is 13.8 Å². The topological polar surface area (TPSA) is 87.7 Å². The van der Waals surface area contributed by atoms with Gasteiger partial charge in [-0.2, -0.15) is 0 Å². The fourth-order valence-electron chi connectivity index (χ4n) is 2.46. The molecule has 6 nitrogen and oxygen atoms in total. The van der Waals surface area contributed by atoms with Crippen LogP contribution in [-0.2, 0) is 4.57 Å². The summed E-state index contributed by atoms with van der Waals surface area (Å²) in [6.45, 7) is 3.90. The summed E-state index contributed by atoms with van der Waals surface area (Å²) in [7, 11) is -4.10. The van der Waals surface area contributed by atoms with Crippen molar-refractivity contribution in [3.63, 3.8) is 0 Å². The van der Waals surface area contributed by atoms with Crippen molar-refractivity contribution in [2.45, 2.75) is 13.8 Å². The number of aryl methyl sites for hydroxylation is 2. The van der Waals surface area contributed by atoms with Crippen molar-refractivity contribution in [3.8, 4) is 5.75 Å². The van der Waals surface area contributed by atoms with Crippen molar-refractivity contribution >= 4 is 25.0 Å². The van der Waals surface area contributed by atoms with Crippen molar-refractivity contribution < 1.29 is 48.3 Å². The zero-order chi connectivity index (χ0) is 20.1. The Balaban J connectivity index is 0.00000300. The van der Waals surface area contributed by atoms with Crippen molar-refractivity contribution in [3.05, 3.63) is 89.5 Å². The maximum atomic E-state index is 12.3. The van der Waals surface area contributed by atoms with E-state index in [1.807, 2.05) is 50.2 Å². The molecule has 0 fully saturated rings. The first-order chi connectivity index (χ1) is 13.3. The van der Waals surface area contributed by atoms with Gasteiger partial charge in [-0.3, -0.25) is 14.8 Å². The summed E-state index contributed by atoms with van der Waals surface area (Å²) < 4.78 is 17.4. The molecule has 0 aliphatic carbocycles. The molecule has 1 unspecified atom stereocenters. The molecule has 3 rings (SSSR count). The zero-order valence-electron chi connectivity index (χ0n) is 16.5. The van der Waals surface area contributed by atoms with E-state index in [2.05, 4.69) is 10.4 Å². The number of anilines is 2. The van der Waals surface area contributed by atoms with Gasteiger partial charge in [-0.15, -0.1) is 0 Å². The van der Waals surface area contributed by atoms with Crippen molar-refractivity contribution in [2.24, 2.45) is 0 Å². The first kappa shape index (κ1) is 23.2. The van der Waals surface area contributed by atoms with Crippen LogP contribution in [0.25, 0.3) is 0 Å². The maximum Gasteiger partial charge on any atom is 1.00 e. The number of benzene rings is 3. The Labute approximate surface area is 192 Å². The van der Waals surface area contributed by atoms with Crippen molar-refractivity contribution in [1.29, 1.82) is 0 Å². The molecule has 0 spiro atoms. The molecule has 8 heteroatoms. The minimum Gasteiger partial charge on any atom is -0.409 e. The Hall–Kier alpha value is -2.08. The molecule has 3 N–H and O–H groups in total. The minimum atomic E-state index is -4.10. The van der Waals surface area contributed by atoms with Gasteiger partial charge in [0.2, 0.25) is 0 Å². The van der Waals surface area contributed by atoms with E-state index in [0.717, 1.165) is 11.1 Å². The summed E-state index contributed by atoms with van der Waals surface area (Å²) in [5, 5.41) is 5.27. The van der Waals surface area contributed by atoms with Gasteiger partial charge in [0.25, 0.3) is 5.91 Å². The second kappa shape index (κ2) is 10.1. The Bertz CT molecular complexity index is 1010. The fourth-order valence-corrected chi connectivity index (χ4v) is 3.39. The minimum absolute atomic E-state index is 0. The van der Waals surface area contributed by atoms with Gasteiger partial charge in [0.05, 0.1) is 0 Å². The third kappa shape index (κ3) is 7.03. The molecule has 0 aliphatic heterocycles. The van der Waals surface area contributed by atoms with E-state index < -0.39 is 7.75 Å². The standard InChI is InChI=1S/C21H21N2O4P.Na/c1-15-3-9-18(10-4-15)22-21(24)17-7-13-20(14-8-17)27-28(25,26)23-19-11-5-16(2)6-12-19;/h3-14H,1-2H3,(H,22,24)(H2,23,25,26);/q;+1. The van der Waals surface area contributed by atoms with E-state index in [1.165, 1.54) is 24.3 Å². The predicted molar refractivity (Wildman–Crippen MR) is 111 cm³/mol. The number of amides is 1. The molecule has 144 valence electrons. The van der Waals surface area contributed by atoms with Gasteiger partial charge in [-0.25, -0.2) is 4.57 Å². The maximum absolute atomic E-state index is 12.3. The quantitative estimate of drug-likeness (QED) is 0.421. The molecule has 1 amide bonds. The zero-order valence-corrected chi connectivity index (χ0v) is 19.4. The van der Waals surface area contributed by atoms with Crippen LogP contribution in [0.1, 0.15) is 21.5 Å². The van der Waals surface area contributed by atoms with E-state index in [9.17, 15) is 14.3 Å². The van der Waals surface area contributed by atoms with Crippen LogP contribution in [0.15, 0.2) is 72.8 Å². The van der Waals surface area contributed by atoms with E-state index >= 15 is 0 Å². The Morgan fingerprint density at radius 1 is 0.828 bits per heavy atom. The van der Waals surface area contributed by atoms with Crippen molar-refractivity contribution in [1.82, 2.24) is 0 Å². The molecular formula is C21H21N2NaO4P+. The second-order valence-electron chi connectivity index (χ2n) is 6.43. The molecule has 29 heavy (non-hydrogen) atoms. The molecule has 0 saturated carbocycles. The molecule has 3 aromatic carbocycles. The first-order valence-corrected chi connectivity index (χ1v) is 10.2. The van der Waals surface area contributed by atoms with Crippen molar-refractivity contribution in [2.75, 3.05) is 10.4 Å². The third-order valence-corrected chi connectivity index (χ3v) is 4.98. The third-order valence-electron chi connectivity index (χ3n) is 3.98. The molecule has 0 radical (unpaired) electrons. The summed E-state index contributed by atoms with van der Waals surface area (Å²) in [5.74, 6) is -0.0994. The van der Waals surface area contributed by atoms with Crippen LogP contribution >= 0.6 is 7.75 Å². The molecule has 0 heterocycles. The molecule has 3 aromatic rings. The predicted octanol–water partition coefficient (Wildman–Crippen LogP) is 2.15. The fraction of sp³-hybridized carbons (Fsp3) is 0.0952. The Kier molecular flexibility index (Phi) is 8.08. The van der Waals surface area contributed by atoms with Gasteiger partial charge in [-0.05, 0) is 62.4 Å². The number of rotatable bonds is 6. The molecule has 0 saturated heterocycles. The first-order valence-electron chi connectivity index (χ1n) is 8.66. The number of hydrogen-bond acceptors (Lipinski definition) is 3. The largest absolute Gasteiger partial charge is 1.00 e. The van der Waals surface area contributed by atoms with Crippen LogP contribution in [0.5, 0.6) is 5.75 Å². The Morgan fingerprint density at radius 2 is 1.31 bits per heavy atom. The summed E-state index contributed by atoms with van der Waals surface area (Å²) in [4.78, 5) is 22.3. The van der Waals surface area contributed by atoms with Gasteiger partial charge < -0.3 is 9.84 Å². The van der Waals surface area contributed by atoms with E-state index in [-0.39, 0.29) is 41.2 Å². The average molecular weight is 419 g/mol.